The summed E-state index contributed by atoms with van der Waals surface area (Å²) in [5.74, 6) is -0.810. The lowest BCUT2D eigenvalue weighted by molar-refractivity contribution is -0.136. The summed E-state index contributed by atoms with van der Waals surface area (Å²) in [6, 6.07) is 9.63. The fourth-order valence-corrected chi connectivity index (χ4v) is 4.00. The molecule has 0 saturated heterocycles. The highest BCUT2D eigenvalue weighted by Crippen LogP contribution is 2.30. The van der Waals surface area contributed by atoms with Crippen LogP contribution in [0.5, 0.6) is 0 Å². The quantitative estimate of drug-likeness (QED) is 0.841. The van der Waals surface area contributed by atoms with Gasteiger partial charge in [0.2, 0.25) is 0 Å². The van der Waals surface area contributed by atoms with Crippen molar-refractivity contribution in [2.45, 2.75) is 16.0 Å². The lowest BCUT2D eigenvalue weighted by Crippen LogP contribution is -2.19. The van der Waals surface area contributed by atoms with Crippen molar-refractivity contribution in [2.24, 2.45) is 0 Å². The van der Waals surface area contributed by atoms with E-state index in [1.165, 1.54) is 23.1 Å². The number of thiazole rings is 1. The molecule has 0 radical (unpaired) electrons. The third kappa shape index (κ3) is 3.83. The van der Waals surface area contributed by atoms with Crippen molar-refractivity contribution in [3.05, 3.63) is 45.9 Å². The summed E-state index contributed by atoms with van der Waals surface area (Å²) in [6.07, 6.45) is 0.498. The Hall–Kier alpha value is -0.850. The molecule has 1 atom stereocenters. The van der Waals surface area contributed by atoms with Crippen LogP contribution in [-0.2, 0) is 11.2 Å². The van der Waals surface area contributed by atoms with E-state index in [0.717, 1.165) is 14.5 Å². The second kappa shape index (κ2) is 6.36. The van der Waals surface area contributed by atoms with Crippen LogP contribution >= 0.6 is 39.0 Å². The molecule has 1 aromatic heterocycles. The van der Waals surface area contributed by atoms with E-state index >= 15 is 0 Å². The number of benzene rings is 1. The second-order valence-corrected chi connectivity index (χ2v) is 6.69. The van der Waals surface area contributed by atoms with Crippen LogP contribution in [0.2, 0.25) is 0 Å². The molecule has 18 heavy (non-hydrogen) atoms. The van der Waals surface area contributed by atoms with Crippen molar-refractivity contribution in [1.29, 1.82) is 0 Å². The zero-order chi connectivity index (χ0) is 13.0. The lowest BCUT2D eigenvalue weighted by atomic mass is 10.1. The summed E-state index contributed by atoms with van der Waals surface area (Å²) >= 11 is 6.00. The Labute approximate surface area is 121 Å². The first-order valence-corrected chi connectivity index (χ1v) is 7.75. The molecule has 1 N–H and O–H groups in total. The number of carbonyl (C=O) groups is 1. The maximum Gasteiger partial charge on any atom is 0.317 e. The van der Waals surface area contributed by atoms with Gasteiger partial charge in [0.25, 0.3) is 0 Å². The van der Waals surface area contributed by atoms with Gasteiger partial charge in [-0.05, 0) is 27.9 Å². The average Bonchev–Trinajstić information content (AvgIpc) is 2.75. The highest BCUT2D eigenvalue weighted by Gasteiger charge is 2.21. The molecule has 3 nitrogen and oxygen atoms in total. The van der Waals surface area contributed by atoms with Gasteiger partial charge >= 0.3 is 5.97 Å². The number of aliphatic carboxylic acids is 1. The molecular formula is C12H10BrNO2S2. The molecule has 6 heteroatoms. The van der Waals surface area contributed by atoms with Crippen LogP contribution in [0.4, 0.5) is 0 Å². The summed E-state index contributed by atoms with van der Waals surface area (Å²) in [4.78, 5) is 15.5. The first-order valence-electron chi connectivity index (χ1n) is 5.19. The van der Waals surface area contributed by atoms with Crippen molar-refractivity contribution in [1.82, 2.24) is 4.98 Å². The maximum absolute atomic E-state index is 11.3. The minimum atomic E-state index is -0.810. The number of hydrogen-bond acceptors (Lipinski definition) is 4. The fourth-order valence-electron chi connectivity index (χ4n) is 1.42. The number of aromatic nitrogens is 1. The molecule has 0 amide bonds. The zero-order valence-electron chi connectivity index (χ0n) is 9.25. The molecule has 1 unspecified atom stereocenters. The maximum atomic E-state index is 11.3. The van der Waals surface area contributed by atoms with Gasteiger partial charge in [-0.3, -0.25) is 4.79 Å². The SMILES string of the molecule is O=C(O)C(Cc1ccccc1)Sc1nc(Br)cs1. The molecule has 0 bridgehead atoms. The zero-order valence-corrected chi connectivity index (χ0v) is 12.5. The van der Waals surface area contributed by atoms with Gasteiger partial charge < -0.3 is 5.11 Å². The second-order valence-electron chi connectivity index (χ2n) is 3.57. The average molecular weight is 344 g/mol. The third-order valence-corrected chi connectivity index (χ3v) is 5.10. The summed E-state index contributed by atoms with van der Waals surface area (Å²) in [7, 11) is 0. The van der Waals surface area contributed by atoms with Crippen molar-refractivity contribution in [3.63, 3.8) is 0 Å². The molecule has 1 heterocycles. The largest absolute Gasteiger partial charge is 0.480 e. The molecule has 0 fully saturated rings. The Kier molecular flexibility index (Phi) is 4.79. The van der Waals surface area contributed by atoms with Gasteiger partial charge in [0.1, 0.15) is 9.85 Å². The first kappa shape index (κ1) is 13.6. The van der Waals surface area contributed by atoms with E-state index < -0.39 is 11.2 Å². The molecule has 0 saturated carbocycles. The Morgan fingerprint density at radius 2 is 2.17 bits per heavy atom. The van der Waals surface area contributed by atoms with Gasteiger partial charge in [-0.15, -0.1) is 11.3 Å². The standard InChI is InChI=1S/C12H10BrNO2S2/c13-10-7-17-12(14-10)18-9(11(15)16)6-8-4-2-1-3-5-8/h1-5,7,9H,6H2,(H,15,16). The molecule has 1 aromatic carbocycles. The minimum Gasteiger partial charge on any atom is -0.480 e. The van der Waals surface area contributed by atoms with Crippen molar-refractivity contribution >= 4 is 45.0 Å². The summed E-state index contributed by atoms with van der Waals surface area (Å²) < 4.78 is 1.52. The molecule has 2 aromatic rings. The van der Waals surface area contributed by atoms with Gasteiger partial charge in [0, 0.05) is 5.38 Å². The summed E-state index contributed by atoms with van der Waals surface area (Å²) in [5.41, 5.74) is 1.02. The van der Waals surface area contributed by atoms with Crippen LogP contribution < -0.4 is 0 Å². The van der Waals surface area contributed by atoms with Crippen LogP contribution in [0.3, 0.4) is 0 Å². The number of nitrogens with zero attached hydrogens (tertiary/aromatic N) is 1. The Bertz CT molecular complexity index is 530. The summed E-state index contributed by atoms with van der Waals surface area (Å²) in [6.45, 7) is 0. The smallest absolute Gasteiger partial charge is 0.317 e. The molecule has 94 valence electrons. The summed E-state index contributed by atoms with van der Waals surface area (Å²) in [5, 5.41) is 10.6. The van der Waals surface area contributed by atoms with E-state index in [4.69, 9.17) is 0 Å². The molecule has 0 aliphatic rings. The number of carboxylic acids is 1. The van der Waals surface area contributed by atoms with E-state index in [0.29, 0.717) is 6.42 Å². The predicted octanol–water partition coefficient (Wildman–Crippen LogP) is 3.69. The third-order valence-electron chi connectivity index (χ3n) is 2.24. The van der Waals surface area contributed by atoms with Crippen molar-refractivity contribution < 1.29 is 9.90 Å². The number of thioether (sulfide) groups is 1. The number of carboxylic acid groups (broad SMARTS) is 1. The van der Waals surface area contributed by atoms with Crippen LogP contribution in [0.1, 0.15) is 5.56 Å². The highest BCUT2D eigenvalue weighted by atomic mass is 79.9. The molecule has 2 rings (SSSR count). The van der Waals surface area contributed by atoms with E-state index in [-0.39, 0.29) is 0 Å². The van der Waals surface area contributed by atoms with Crippen LogP contribution in [0.25, 0.3) is 0 Å². The normalized spacial score (nSPS) is 12.3. The number of rotatable bonds is 5. The Morgan fingerprint density at radius 3 is 2.72 bits per heavy atom. The first-order chi connectivity index (χ1) is 8.65. The number of halogens is 1. The molecule has 0 spiro atoms. The Balaban J connectivity index is 2.07. The van der Waals surface area contributed by atoms with E-state index in [9.17, 15) is 9.90 Å². The van der Waals surface area contributed by atoms with Crippen LogP contribution in [0, 0.1) is 0 Å². The lowest BCUT2D eigenvalue weighted by Gasteiger charge is -2.09. The van der Waals surface area contributed by atoms with E-state index in [1.54, 1.807) is 0 Å². The van der Waals surface area contributed by atoms with E-state index in [2.05, 4.69) is 20.9 Å². The van der Waals surface area contributed by atoms with Gasteiger partial charge in [0.05, 0.1) is 0 Å². The van der Waals surface area contributed by atoms with Crippen molar-refractivity contribution in [2.75, 3.05) is 0 Å². The highest BCUT2D eigenvalue weighted by molar-refractivity contribution is 9.10. The number of hydrogen-bond donors (Lipinski definition) is 1. The predicted molar refractivity (Wildman–Crippen MR) is 77.2 cm³/mol. The van der Waals surface area contributed by atoms with Crippen LogP contribution in [-0.4, -0.2) is 21.3 Å². The fraction of sp³-hybridized carbons (Fsp3) is 0.167. The monoisotopic (exact) mass is 343 g/mol. The van der Waals surface area contributed by atoms with Crippen LogP contribution in [0.15, 0.2) is 44.7 Å². The molecule has 0 aliphatic heterocycles. The molecule has 0 aliphatic carbocycles. The molecular weight excluding hydrogens is 334 g/mol. The topological polar surface area (TPSA) is 50.2 Å². The Morgan fingerprint density at radius 1 is 1.44 bits per heavy atom. The van der Waals surface area contributed by atoms with Gasteiger partial charge in [-0.1, -0.05) is 42.1 Å². The van der Waals surface area contributed by atoms with Gasteiger partial charge in [0.15, 0.2) is 4.34 Å². The van der Waals surface area contributed by atoms with E-state index in [1.807, 2.05) is 35.7 Å². The minimum absolute atomic E-state index is 0.498. The van der Waals surface area contributed by atoms with Gasteiger partial charge in [-0.25, -0.2) is 4.98 Å². The van der Waals surface area contributed by atoms with Gasteiger partial charge in [-0.2, -0.15) is 0 Å². The van der Waals surface area contributed by atoms with Crippen molar-refractivity contribution in [3.8, 4) is 0 Å².